The lowest BCUT2D eigenvalue weighted by molar-refractivity contribution is -0.122. The highest BCUT2D eigenvalue weighted by atomic mass is 32.2. The number of ketones is 1. The molecule has 0 aromatic heterocycles. The van der Waals surface area contributed by atoms with Crippen molar-refractivity contribution in [3.05, 3.63) is 89.5 Å². The van der Waals surface area contributed by atoms with Gasteiger partial charge in [-0.3, -0.25) is 18.9 Å². The van der Waals surface area contributed by atoms with E-state index >= 15 is 0 Å². The number of hydrogen-bond donors (Lipinski definition) is 1. The highest BCUT2D eigenvalue weighted by Crippen LogP contribution is 2.31. The van der Waals surface area contributed by atoms with Crippen LogP contribution < -0.4 is 9.62 Å². The van der Waals surface area contributed by atoms with Gasteiger partial charge in [0, 0.05) is 24.9 Å². The number of carbonyl (C=O) groups is 2. The number of benzene rings is 3. The number of nitrogens with one attached hydrogen (secondary N) is 1. The molecule has 0 aliphatic carbocycles. The van der Waals surface area contributed by atoms with E-state index in [1.54, 1.807) is 31.2 Å². The summed E-state index contributed by atoms with van der Waals surface area (Å²) in [6.45, 7) is 4.22. The second kappa shape index (κ2) is 9.61. The molecule has 0 fully saturated rings. The molecule has 1 N–H and O–H groups in total. The summed E-state index contributed by atoms with van der Waals surface area (Å²) < 4.78 is 28.0. The van der Waals surface area contributed by atoms with Crippen molar-refractivity contribution < 1.29 is 18.0 Å². The van der Waals surface area contributed by atoms with E-state index in [-0.39, 0.29) is 23.5 Å². The largest absolute Gasteiger partial charge is 0.351 e. The number of hydrogen-bond acceptors (Lipinski definition) is 5. The average molecular weight is 476 g/mol. The summed E-state index contributed by atoms with van der Waals surface area (Å²) in [6.07, 6.45) is 1.31. The van der Waals surface area contributed by atoms with Gasteiger partial charge in [-0.1, -0.05) is 48.0 Å². The van der Waals surface area contributed by atoms with Crippen LogP contribution in [0.1, 0.15) is 28.4 Å². The van der Waals surface area contributed by atoms with Crippen LogP contribution in [-0.2, 0) is 21.4 Å². The first-order valence-corrected chi connectivity index (χ1v) is 12.4. The van der Waals surface area contributed by atoms with Gasteiger partial charge in [0.2, 0.25) is 5.91 Å². The van der Waals surface area contributed by atoms with Crippen molar-refractivity contribution in [2.24, 2.45) is 10.9 Å². The summed E-state index contributed by atoms with van der Waals surface area (Å²) in [4.78, 5) is 30.1. The Bertz CT molecular complexity index is 1350. The van der Waals surface area contributed by atoms with Crippen LogP contribution in [0.25, 0.3) is 0 Å². The molecule has 1 atom stereocenters. The maximum atomic E-state index is 13.4. The van der Waals surface area contributed by atoms with Gasteiger partial charge in [-0.05, 0) is 49.7 Å². The van der Waals surface area contributed by atoms with E-state index < -0.39 is 27.6 Å². The summed E-state index contributed by atoms with van der Waals surface area (Å²) in [5.41, 5.74) is 3.01. The number of aliphatic imine (C=N–C) groups is 1. The maximum absolute atomic E-state index is 13.4. The molecule has 0 spiro atoms. The number of anilines is 1. The molecule has 8 heteroatoms. The first kappa shape index (κ1) is 23.4. The van der Waals surface area contributed by atoms with Crippen molar-refractivity contribution in [1.29, 1.82) is 0 Å². The molecule has 0 saturated carbocycles. The quantitative estimate of drug-likeness (QED) is 0.522. The smallest absolute Gasteiger partial charge is 0.264 e. The Morgan fingerprint density at radius 2 is 1.74 bits per heavy atom. The second-order valence-electron chi connectivity index (χ2n) is 8.01. The van der Waals surface area contributed by atoms with Gasteiger partial charge in [-0.25, -0.2) is 8.42 Å². The van der Waals surface area contributed by atoms with Gasteiger partial charge in [0.1, 0.15) is 5.92 Å². The molecular formula is C26H25N3O4S. The van der Waals surface area contributed by atoms with Gasteiger partial charge < -0.3 is 5.32 Å². The maximum Gasteiger partial charge on any atom is 0.264 e. The topological polar surface area (TPSA) is 95.9 Å². The van der Waals surface area contributed by atoms with Crippen LogP contribution in [0.2, 0.25) is 0 Å². The molecule has 3 aromatic carbocycles. The predicted molar refractivity (Wildman–Crippen MR) is 132 cm³/mol. The number of sulfonamides is 1. The number of para-hydroxylation sites is 1. The minimum atomic E-state index is -3.92. The van der Waals surface area contributed by atoms with Gasteiger partial charge in [0.15, 0.2) is 5.78 Å². The lowest BCUT2D eigenvalue weighted by Gasteiger charge is -2.24. The van der Waals surface area contributed by atoms with Crippen LogP contribution in [0.3, 0.4) is 0 Å². The normalized spacial score (nSPS) is 15.0. The second-order valence-corrected chi connectivity index (χ2v) is 9.87. The average Bonchev–Trinajstić information content (AvgIpc) is 2.84. The monoisotopic (exact) mass is 475 g/mol. The van der Waals surface area contributed by atoms with E-state index in [1.165, 1.54) is 28.7 Å². The number of rotatable bonds is 7. The third-order valence-corrected chi connectivity index (χ3v) is 7.57. The Balaban J connectivity index is 1.57. The summed E-state index contributed by atoms with van der Waals surface area (Å²) >= 11 is 0. The molecule has 3 aromatic rings. The van der Waals surface area contributed by atoms with Gasteiger partial charge in [-0.2, -0.15) is 0 Å². The number of Topliss-reactive ketones (excluding diaryl/α,β-unsaturated/α-hetero) is 1. The minimum Gasteiger partial charge on any atom is -0.351 e. The molecular weight excluding hydrogens is 450 g/mol. The van der Waals surface area contributed by atoms with Crippen LogP contribution in [-0.4, -0.2) is 32.9 Å². The molecule has 34 heavy (non-hydrogen) atoms. The van der Waals surface area contributed by atoms with Crippen LogP contribution in [0.4, 0.5) is 11.4 Å². The summed E-state index contributed by atoms with van der Waals surface area (Å²) in [5.74, 6) is -2.08. The molecule has 1 unspecified atom stereocenters. The van der Waals surface area contributed by atoms with Crippen molar-refractivity contribution >= 4 is 39.3 Å². The number of amides is 1. The molecule has 0 bridgehead atoms. The molecule has 7 nitrogen and oxygen atoms in total. The SMILES string of the molecule is CCN(c1ccccc1)S(=O)(=O)c1ccc2c(c1)C(=O)C(C(=O)NCc1ccc(C)cc1)C=N2. The zero-order valence-electron chi connectivity index (χ0n) is 18.9. The Labute approximate surface area is 199 Å². The van der Waals surface area contributed by atoms with E-state index in [9.17, 15) is 18.0 Å². The van der Waals surface area contributed by atoms with Crippen LogP contribution >= 0.6 is 0 Å². The van der Waals surface area contributed by atoms with Crippen molar-refractivity contribution in [1.82, 2.24) is 5.32 Å². The van der Waals surface area contributed by atoms with Gasteiger partial charge in [0.25, 0.3) is 10.0 Å². The zero-order chi connectivity index (χ0) is 24.3. The van der Waals surface area contributed by atoms with Crippen molar-refractivity contribution in [3.8, 4) is 0 Å². The lowest BCUT2D eigenvalue weighted by atomic mass is 9.94. The fraction of sp³-hybridized carbons (Fsp3) is 0.192. The third kappa shape index (κ3) is 4.63. The molecule has 0 saturated heterocycles. The van der Waals surface area contributed by atoms with Crippen LogP contribution in [0.15, 0.2) is 82.7 Å². The fourth-order valence-electron chi connectivity index (χ4n) is 3.78. The number of aryl methyl sites for hydroxylation is 1. The third-order valence-electron chi connectivity index (χ3n) is 5.67. The Hall–Kier alpha value is -3.78. The number of carbonyl (C=O) groups excluding carboxylic acids is 2. The van der Waals surface area contributed by atoms with E-state index in [1.807, 2.05) is 37.3 Å². The van der Waals surface area contributed by atoms with E-state index in [4.69, 9.17) is 0 Å². The van der Waals surface area contributed by atoms with E-state index in [0.717, 1.165) is 11.1 Å². The molecule has 4 rings (SSSR count). The van der Waals surface area contributed by atoms with Gasteiger partial charge in [0.05, 0.1) is 16.3 Å². The highest BCUT2D eigenvalue weighted by molar-refractivity contribution is 7.92. The predicted octanol–water partition coefficient (Wildman–Crippen LogP) is 4.04. The molecule has 0 radical (unpaired) electrons. The minimum absolute atomic E-state index is 0.0267. The first-order valence-electron chi connectivity index (χ1n) is 10.9. The highest BCUT2D eigenvalue weighted by Gasteiger charge is 2.33. The molecule has 1 aliphatic rings. The zero-order valence-corrected chi connectivity index (χ0v) is 19.7. The van der Waals surface area contributed by atoms with Crippen LogP contribution in [0.5, 0.6) is 0 Å². The van der Waals surface area contributed by atoms with Crippen molar-refractivity contribution in [2.45, 2.75) is 25.3 Å². The molecule has 1 aliphatic heterocycles. The fourth-order valence-corrected chi connectivity index (χ4v) is 5.28. The van der Waals surface area contributed by atoms with Crippen LogP contribution in [0, 0.1) is 12.8 Å². The van der Waals surface area contributed by atoms with E-state index in [2.05, 4.69) is 10.3 Å². The first-order chi connectivity index (χ1) is 16.3. The van der Waals surface area contributed by atoms with E-state index in [0.29, 0.717) is 11.4 Å². The molecule has 174 valence electrons. The summed E-state index contributed by atoms with van der Waals surface area (Å²) in [5, 5.41) is 2.77. The molecule has 1 amide bonds. The van der Waals surface area contributed by atoms with Crippen molar-refractivity contribution in [2.75, 3.05) is 10.8 Å². The Morgan fingerprint density at radius 3 is 2.41 bits per heavy atom. The Kier molecular flexibility index (Phi) is 6.61. The lowest BCUT2D eigenvalue weighted by Crippen LogP contribution is -2.37. The van der Waals surface area contributed by atoms with Gasteiger partial charge >= 0.3 is 0 Å². The number of nitrogens with zero attached hydrogens (tertiary/aromatic N) is 2. The summed E-state index contributed by atoms with van der Waals surface area (Å²) in [6, 6.07) is 20.7. The molecule has 1 heterocycles. The van der Waals surface area contributed by atoms with Crippen molar-refractivity contribution in [3.63, 3.8) is 0 Å². The Morgan fingerprint density at radius 1 is 1.03 bits per heavy atom. The summed E-state index contributed by atoms with van der Waals surface area (Å²) in [7, 11) is -3.92. The standard InChI is InChI=1S/C26H25N3O4S/c1-3-29(20-7-5-4-6-8-20)34(32,33)21-13-14-24-22(15-21)25(30)23(17-27-24)26(31)28-16-19-11-9-18(2)10-12-19/h4-15,17,23H,3,16H2,1-2H3,(H,28,31). The number of fused-ring (bicyclic) bond motifs is 1. The van der Waals surface area contributed by atoms with Gasteiger partial charge in [-0.15, -0.1) is 0 Å².